The van der Waals surface area contributed by atoms with E-state index in [2.05, 4.69) is 17.6 Å². The van der Waals surface area contributed by atoms with Crippen molar-refractivity contribution in [3.05, 3.63) is 34.9 Å². The monoisotopic (exact) mass is 217 g/mol. The molecule has 0 spiro atoms. The largest absolute Gasteiger partial charge is 0.252 e. The Bertz CT molecular complexity index is 314. The van der Waals surface area contributed by atoms with Gasteiger partial charge in [0.2, 0.25) is 0 Å². The van der Waals surface area contributed by atoms with E-state index < -0.39 is 5.82 Å². The molecule has 0 aromatic carbocycles. The van der Waals surface area contributed by atoms with Gasteiger partial charge in [0.05, 0.1) is 10.7 Å². The van der Waals surface area contributed by atoms with Gasteiger partial charge in [-0.1, -0.05) is 17.7 Å². The van der Waals surface area contributed by atoms with Gasteiger partial charge < -0.3 is 0 Å². The quantitative estimate of drug-likeness (QED) is 0.768. The highest BCUT2D eigenvalue weighted by Crippen LogP contribution is 2.12. The van der Waals surface area contributed by atoms with E-state index in [9.17, 15) is 4.39 Å². The van der Waals surface area contributed by atoms with Crippen LogP contribution in [0.15, 0.2) is 18.3 Å². The van der Waals surface area contributed by atoms with Crippen LogP contribution >= 0.6 is 24.2 Å². The number of pyridine rings is 1. The van der Waals surface area contributed by atoms with Crippen LogP contribution in [0.2, 0.25) is 5.02 Å². The van der Waals surface area contributed by atoms with Gasteiger partial charge in [0.25, 0.3) is 0 Å². The molecule has 1 rings (SSSR count). The second kappa shape index (κ2) is 5.25. The van der Waals surface area contributed by atoms with Crippen molar-refractivity contribution in [3.63, 3.8) is 0 Å². The van der Waals surface area contributed by atoms with Crippen molar-refractivity contribution in [2.24, 2.45) is 0 Å². The first-order valence-corrected chi connectivity index (χ1v) is 4.83. The number of aromatic nitrogens is 1. The molecule has 0 saturated carbocycles. The lowest BCUT2D eigenvalue weighted by molar-refractivity contribution is 0.618. The summed E-state index contributed by atoms with van der Waals surface area (Å²) in [5.74, 6) is 0.342. The average Bonchev–Trinajstić information content (AvgIpc) is 2.09. The molecule has 0 saturated heterocycles. The molecule has 70 valence electrons. The van der Waals surface area contributed by atoms with Crippen LogP contribution in [0, 0.1) is 5.82 Å². The van der Waals surface area contributed by atoms with E-state index in [0.717, 1.165) is 12.2 Å². The van der Waals surface area contributed by atoms with Crippen LogP contribution < -0.4 is 0 Å². The Morgan fingerprint density at radius 3 is 3.00 bits per heavy atom. The predicted molar refractivity (Wildman–Crippen MR) is 56.7 cm³/mol. The predicted octanol–water partition coefficient (Wildman–Crippen LogP) is 3.21. The minimum atomic E-state index is -0.400. The van der Waals surface area contributed by atoms with Gasteiger partial charge >= 0.3 is 0 Å². The highest BCUT2D eigenvalue weighted by molar-refractivity contribution is 7.80. The van der Waals surface area contributed by atoms with Crippen molar-refractivity contribution < 1.29 is 4.39 Å². The summed E-state index contributed by atoms with van der Waals surface area (Å²) in [5.41, 5.74) is 0.311. The SMILES string of the molecule is Fc1cc(Cl)cnc1C=CCCS. The molecule has 4 heteroatoms. The van der Waals surface area contributed by atoms with E-state index >= 15 is 0 Å². The molecule has 0 amide bonds. The maximum absolute atomic E-state index is 13.1. The Kier molecular flexibility index (Phi) is 4.25. The zero-order chi connectivity index (χ0) is 9.68. The number of halogens is 2. The van der Waals surface area contributed by atoms with Gasteiger partial charge in [-0.25, -0.2) is 4.39 Å². The fourth-order valence-corrected chi connectivity index (χ4v) is 1.11. The van der Waals surface area contributed by atoms with Crippen molar-refractivity contribution in [2.75, 3.05) is 5.75 Å². The lowest BCUT2D eigenvalue weighted by Gasteiger charge is -1.95. The minimum absolute atomic E-state index is 0.309. The van der Waals surface area contributed by atoms with E-state index in [0.29, 0.717) is 10.7 Å². The van der Waals surface area contributed by atoms with Crippen LogP contribution in [0.25, 0.3) is 6.08 Å². The van der Waals surface area contributed by atoms with Crippen LogP contribution in [0.3, 0.4) is 0 Å². The van der Waals surface area contributed by atoms with Crippen LogP contribution in [-0.4, -0.2) is 10.7 Å². The first kappa shape index (κ1) is 10.5. The Labute approximate surface area is 87.0 Å². The van der Waals surface area contributed by atoms with Crippen LogP contribution in [0.5, 0.6) is 0 Å². The molecule has 1 aromatic heterocycles. The van der Waals surface area contributed by atoms with Crippen molar-refractivity contribution >= 4 is 30.3 Å². The Hall–Kier alpha value is -0.540. The normalized spacial score (nSPS) is 11.0. The van der Waals surface area contributed by atoms with E-state index in [-0.39, 0.29) is 0 Å². The molecule has 0 aliphatic carbocycles. The Morgan fingerprint density at radius 2 is 2.38 bits per heavy atom. The summed E-state index contributed by atoms with van der Waals surface area (Å²) >= 11 is 9.56. The van der Waals surface area contributed by atoms with Crippen molar-refractivity contribution in [3.8, 4) is 0 Å². The van der Waals surface area contributed by atoms with E-state index in [1.165, 1.54) is 12.3 Å². The summed E-state index contributed by atoms with van der Waals surface area (Å²) < 4.78 is 13.1. The fraction of sp³-hybridized carbons (Fsp3) is 0.222. The molecular formula is C9H9ClFNS. The maximum Gasteiger partial charge on any atom is 0.150 e. The lowest BCUT2D eigenvalue weighted by atomic mass is 10.3. The third-order valence-corrected chi connectivity index (χ3v) is 1.87. The highest BCUT2D eigenvalue weighted by Gasteiger charge is 1.99. The number of hydrogen-bond donors (Lipinski definition) is 1. The number of hydrogen-bond acceptors (Lipinski definition) is 2. The topological polar surface area (TPSA) is 12.9 Å². The smallest absolute Gasteiger partial charge is 0.150 e. The van der Waals surface area contributed by atoms with Gasteiger partial charge in [-0.15, -0.1) is 0 Å². The summed E-state index contributed by atoms with van der Waals surface area (Å²) in [6.07, 6.45) is 5.67. The Balaban J connectivity index is 2.77. The first-order valence-electron chi connectivity index (χ1n) is 3.82. The first-order chi connectivity index (χ1) is 6.24. The van der Waals surface area contributed by atoms with Crippen molar-refractivity contribution in [1.29, 1.82) is 0 Å². The number of allylic oxidation sites excluding steroid dienone is 1. The van der Waals surface area contributed by atoms with Crippen LogP contribution in [0.1, 0.15) is 12.1 Å². The van der Waals surface area contributed by atoms with Crippen molar-refractivity contribution in [2.45, 2.75) is 6.42 Å². The lowest BCUT2D eigenvalue weighted by Crippen LogP contribution is -1.86. The molecule has 0 radical (unpaired) electrons. The molecule has 0 unspecified atom stereocenters. The van der Waals surface area contributed by atoms with Crippen molar-refractivity contribution in [1.82, 2.24) is 4.98 Å². The second-order valence-corrected chi connectivity index (χ2v) is 3.32. The number of thiol groups is 1. The van der Waals surface area contributed by atoms with Gasteiger partial charge in [0.15, 0.2) is 0 Å². The highest BCUT2D eigenvalue weighted by atomic mass is 35.5. The zero-order valence-corrected chi connectivity index (χ0v) is 8.52. The minimum Gasteiger partial charge on any atom is -0.252 e. The van der Waals surface area contributed by atoms with Gasteiger partial charge in [-0.05, 0) is 24.3 Å². The molecule has 0 atom stereocenters. The molecule has 1 heterocycles. The van der Waals surface area contributed by atoms with Gasteiger partial charge in [0.1, 0.15) is 5.82 Å². The van der Waals surface area contributed by atoms with Crippen LogP contribution in [-0.2, 0) is 0 Å². The summed E-state index contributed by atoms with van der Waals surface area (Å²) in [5, 5.41) is 0.309. The summed E-state index contributed by atoms with van der Waals surface area (Å²) in [4.78, 5) is 3.83. The fourth-order valence-electron chi connectivity index (χ4n) is 0.817. The van der Waals surface area contributed by atoms with E-state index in [1.807, 2.05) is 6.08 Å². The molecule has 0 aliphatic heterocycles. The standard InChI is InChI=1S/C9H9ClFNS/c10-7-5-8(11)9(12-6-7)3-1-2-4-13/h1,3,5-6,13H,2,4H2. The summed E-state index contributed by atoms with van der Waals surface area (Å²) in [6, 6.07) is 1.24. The molecule has 0 bridgehead atoms. The molecule has 1 aromatic rings. The van der Waals surface area contributed by atoms with E-state index in [4.69, 9.17) is 11.6 Å². The van der Waals surface area contributed by atoms with E-state index in [1.54, 1.807) is 6.08 Å². The zero-order valence-electron chi connectivity index (χ0n) is 6.87. The molecule has 1 nitrogen and oxygen atoms in total. The molecule has 0 aliphatic rings. The third-order valence-electron chi connectivity index (χ3n) is 1.41. The Morgan fingerprint density at radius 1 is 1.62 bits per heavy atom. The van der Waals surface area contributed by atoms with Gasteiger partial charge in [-0.3, -0.25) is 4.98 Å². The number of rotatable bonds is 3. The van der Waals surface area contributed by atoms with Crippen LogP contribution in [0.4, 0.5) is 4.39 Å². The second-order valence-electron chi connectivity index (χ2n) is 2.44. The molecule has 13 heavy (non-hydrogen) atoms. The summed E-state index contributed by atoms with van der Waals surface area (Å²) in [7, 11) is 0. The summed E-state index contributed by atoms with van der Waals surface area (Å²) in [6.45, 7) is 0. The molecule has 0 N–H and O–H groups in total. The van der Waals surface area contributed by atoms with Gasteiger partial charge in [0, 0.05) is 6.20 Å². The maximum atomic E-state index is 13.1. The molecule has 0 fully saturated rings. The third kappa shape index (κ3) is 3.36. The molecular weight excluding hydrogens is 209 g/mol. The average molecular weight is 218 g/mol. The van der Waals surface area contributed by atoms with Gasteiger partial charge in [-0.2, -0.15) is 12.6 Å². The number of nitrogens with zero attached hydrogens (tertiary/aromatic N) is 1.